The van der Waals surface area contributed by atoms with Crippen molar-refractivity contribution in [3.05, 3.63) is 71.8 Å². The molecule has 0 bridgehead atoms. The van der Waals surface area contributed by atoms with Gasteiger partial charge in [0.25, 0.3) is 0 Å². The average molecular weight is 297 g/mol. The summed E-state index contributed by atoms with van der Waals surface area (Å²) >= 11 is 0. The summed E-state index contributed by atoms with van der Waals surface area (Å²) < 4.78 is 10.2. The third-order valence-corrected chi connectivity index (χ3v) is 3.63. The lowest BCUT2D eigenvalue weighted by molar-refractivity contribution is 0.119. The fourth-order valence-electron chi connectivity index (χ4n) is 2.63. The fourth-order valence-corrected chi connectivity index (χ4v) is 2.63. The molecule has 1 saturated heterocycles. The monoisotopic (exact) mass is 297 g/mol. The highest BCUT2D eigenvalue weighted by Crippen LogP contribution is 2.43. The Morgan fingerprint density at radius 3 is 2.09 bits per heavy atom. The molecule has 1 aliphatic rings. The average Bonchev–Trinajstić information content (AvgIpc) is 2.93. The molecule has 5 heteroatoms. The molecule has 0 aromatic heterocycles. The Kier molecular flexibility index (Phi) is 3.78. The highest BCUT2D eigenvalue weighted by Gasteiger charge is 2.47. The van der Waals surface area contributed by atoms with Crippen LogP contribution in [0.2, 0.25) is 0 Å². The maximum Gasteiger partial charge on any atom is 0.420 e. The molecule has 1 fully saturated rings. The normalized spacial score (nSPS) is 20.6. The van der Waals surface area contributed by atoms with Crippen molar-refractivity contribution in [3.8, 4) is 0 Å². The van der Waals surface area contributed by atoms with Crippen LogP contribution in [0.15, 0.2) is 60.7 Å². The molecule has 0 saturated carbocycles. The summed E-state index contributed by atoms with van der Waals surface area (Å²) in [4.78, 5) is 25.2. The molecule has 0 unspecified atom stereocenters. The largest absolute Gasteiger partial charge is 0.452 e. The van der Waals surface area contributed by atoms with E-state index in [1.165, 1.54) is 7.11 Å². The molecule has 0 N–H and O–H groups in total. The molecular formula is C17H15NO4. The first-order chi connectivity index (χ1) is 10.7. The van der Waals surface area contributed by atoms with Crippen molar-refractivity contribution >= 4 is 12.2 Å². The topological polar surface area (TPSA) is 55.8 Å². The Bertz CT molecular complexity index is 672. The second-order valence-electron chi connectivity index (χ2n) is 4.91. The Hall–Kier alpha value is -2.82. The van der Waals surface area contributed by atoms with E-state index >= 15 is 0 Å². The van der Waals surface area contributed by atoms with Gasteiger partial charge in [-0.2, -0.15) is 0 Å². The van der Waals surface area contributed by atoms with Gasteiger partial charge in [-0.15, -0.1) is 0 Å². The molecule has 0 aliphatic carbocycles. The van der Waals surface area contributed by atoms with Crippen LogP contribution in [0.1, 0.15) is 23.3 Å². The van der Waals surface area contributed by atoms with E-state index in [9.17, 15) is 9.59 Å². The number of rotatable bonds is 2. The van der Waals surface area contributed by atoms with E-state index in [0.29, 0.717) is 0 Å². The highest BCUT2D eigenvalue weighted by molar-refractivity contribution is 5.90. The number of imide groups is 1. The van der Waals surface area contributed by atoms with Crippen molar-refractivity contribution in [3.63, 3.8) is 0 Å². The standard InChI is InChI=1S/C17H15NO4/c1-21-16(19)18-14(12-8-4-2-5-9-12)15(22-17(18)20)13-10-6-3-7-11-13/h2-11,14-15H,1H3/t14-,15-/m0/s1. The summed E-state index contributed by atoms with van der Waals surface area (Å²) in [5.41, 5.74) is 1.64. The summed E-state index contributed by atoms with van der Waals surface area (Å²) in [7, 11) is 1.24. The van der Waals surface area contributed by atoms with Gasteiger partial charge in [0.05, 0.1) is 7.11 Å². The zero-order valence-corrected chi connectivity index (χ0v) is 12.0. The Labute approximate surface area is 128 Å². The van der Waals surface area contributed by atoms with Crippen LogP contribution in [0.5, 0.6) is 0 Å². The Morgan fingerprint density at radius 1 is 1.00 bits per heavy atom. The van der Waals surface area contributed by atoms with Crippen LogP contribution < -0.4 is 0 Å². The summed E-state index contributed by atoms with van der Waals surface area (Å²) in [6.45, 7) is 0. The molecule has 5 nitrogen and oxygen atoms in total. The fraction of sp³-hybridized carbons (Fsp3) is 0.176. The zero-order valence-electron chi connectivity index (χ0n) is 12.0. The van der Waals surface area contributed by atoms with Gasteiger partial charge in [0.15, 0.2) is 6.10 Å². The van der Waals surface area contributed by atoms with Crippen LogP contribution in [0, 0.1) is 0 Å². The number of amides is 2. The van der Waals surface area contributed by atoms with E-state index in [-0.39, 0.29) is 0 Å². The minimum Gasteiger partial charge on any atom is -0.452 e. The molecule has 1 heterocycles. The van der Waals surface area contributed by atoms with E-state index in [1.54, 1.807) is 0 Å². The van der Waals surface area contributed by atoms with Gasteiger partial charge in [-0.25, -0.2) is 14.5 Å². The quantitative estimate of drug-likeness (QED) is 0.848. The van der Waals surface area contributed by atoms with Crippen molar-refractivity contribution in [2.24, 2.45) is 0 Å². The van der Waals surface area contributed by atoms with Gasteiger partial charge in [-0.3, -0.25) is 0 Å². The second-order valence-corrected chi connectivity index (χ2v) is 4.91. The van der Waals surface area contributed by atoms with Gasteiger partial charge in [0.1, 0.15) is 6.04 Å². The molecule has 1 aliphatic heterocycles. The lowest BCUT2D eigenvalue weighted by atomic mass is 9.96. The molecule has 2 aromatic carbocycles. The molecule has 0 radical (unpaired) electrons. The van der Waals surface area contributed by atoms with Gasteiger partial charge in [0.2, 0.25) is 0 Å². The minimum absolute atomic E-state index is 0.552. The van der Waals surface area contributed by atoms with Gasteiger partial charge < -0.3 is 9.47 Å². The summed E-state index contributed by atoms with van der Waals surface area (Å²) in [5, 5.41) is 0. The third-order valence-electron chi connectivity index (χ3n) is 3.63. The Morgan fingerprint density at radius 2 is 1.55 bits per heavy atom. The molecule has 2 atom stereocenters. The third kappa shape index (κ3) is 2.41. The summed E-state index contributed by atoms with van der Waals surface area (Å²) in [6, 6.07) is 18.1. The number of carbonyl (C=O) groups is 2. The first-order valence-electron chi connectivity index (χ1n) is 6.90. The van der Waals surface area contributed by atoms with E-state index in [1.807, 2.05) is 60.7 Å². The van der Waals surface area contributed by atoms with Crippen molar-refractivity contribution in [2.45, 2.75) is 12.1 Å². The van der Waals surface area contributed by atoms with Crippen molar-refractivity contribution in [1.29, 1.82) is 0 Å². The van der Waals surface area contributed by atoms with Gasteiger partial charge in [-0.05, 0) is 11.1 Å². The highest BCUT2D eigenvalue weighted by atomic mass is 16.6. The smallest absolute Gasteiger partial charge is 0.420 e. The molecule has 2 amide bonds. The van der Waals surface area contributed by atoms with Crippen LogP contribution in [-0.4, -0.2) is 24.2 Å². The SMILES string of the molecule is COC(=O)N1C(=O)O[C@@H](c2ccccc2)[C@@H]1c1ccccc1. The maximum atomic E-state index is 12.1. The van der Waals surface area contributed by atoms with Crippen molar-refractivity contribution < 1.29 is 19.1 Å². The maximum absolute atomic E-state index is 12.1. The van der Waals surface area contributed by atoms with Crippen LogP contribution in [0.4, 0.5) is 9.59 Å². The van der Waals surface area contributed by atoms with Crippen molar-refractivity contribution in [1.82, 2.24) is 4.90 Å². The first-order valence-corrected chi connectivity index (χ1v) is 6.90. The molecule has 2 aromatic rings. The molecule has 3 rings (SSSR count). The number of hydrogen-bond donors (Lipinski definition) is 0. The molecular weight excluding hydrogens is 282 g/mol. The lowest BCUT2D eigenvalue weighted by Crippen LogP contribution is -2.34. The number of benzene rings is 2. The number of nitrogens with zero attached hydrogens (tertiary/aromatic N) is 1. The predicted octanol–water partition coefficient (Wildman–Crippen LogP) is 3.69. The second kappa shape index (κ2) is 5.89. The number of ether oxygens (including phenoxy) is 2. The molecule has 112 valence electrons. The van der Waals surface area contributed by atoms with Crippen LogP contribution in [-0.2, 0) is 9.47 Å². The van der Waals surface area contributed by atoms with E-state index in [0.717, 1.165) is 16.0 Å². The Balaban J connectivity index is 2.06. The number of methoxy groups -OCH3 is 1. The van der Waals surface area contributed by atoms with E-state index < -0.39 is 24.3 Å². The minimum atomic E-state index is -0.725. The number of hydrogen-bond acceptors (Lipinski definition) is 4. The molecule has 0 spiro atoms. The van der Waals surface area contributed by atoms with Gasteiger partial charge in [0, 0.05) is 0 Å². The zero-order chi connectivity index (χ0) is 15.5. The van der Waals surface area contributed by atoms with Crippen LogP contribution in [0.3, 0.4) is 0 Å². The van der Waals surface area contributed by atoms with Gasteiger partial charge in [-0.1, -0.05) is 60.7 Å². The lowest BCUT2D eigenvalue weighted by Gasteiger charge is -2.22. The summed E-state index contributed by atoms with van der Waals surface area (Å²) in [6.07, 6.45) is -1.98. The predicted molar refractivity (Wildman–Crippen MR) is 79.1 cm³/mol. The molecule has 22 heavy (non-hydrogen) atoms. The van der Waals surface area contributed by atoms with E-state index in [4.69, 9.17) is 9.47 Å². The number of carbonyl (C=O) groups excluding carboxylic acids is 2. The first kappa shape index (κ1) is 14.1. The van der Waals surface area contributed by atoms with Crippen molar-refractivity contribution in [2.75, 3.05) is 7.11 Å². The summed E-state index contributed by atoms with van der Waals surface area (Å²) in [5.74, 6) is 0. The van der Waals surface area contributed by atoms with E-state index in [2.05, 4.69) is 0 Å². The van der Waals surface area contributed by atoms with Gasteiger partial charge >= 0.3 is 12.2 Å². The number of cyclic esters (lactones) is 1. The van der Waals surface area contributed by atoms with Crippen LogP contribution in [0.25, 0.3) is 0 Å². The van der Waals surface area contributed by atoms with Crippen LogP contribution >= 0.6 is 0 Å².